The summed E-state index contributed by atoms with van der Waals surface area (Å²) in [6.45, 7) is 1.58. The van der Waals surface area contributed by atoms with Crippen molar-refractivity contribution >= 4 is 11.7 Å². The monoisotopic (exact) mass is 298 g/mol. The summed E-state index contributed by atoms with van der Waals surface area (Å²) >= 11 is 0. The van der Waals surface area contributed by atoms with Gasteiger partial charge in [-0.1, -0.05) is 6.92 Å². The van der Waals surface area contributed by atoms with Gasteiger partial charge >= 0.3 is 11.7 Å². The first kappa shape index (κ1) is 14.6. The number of nitrogens with zero attached hydrogens (tertiary/aromatic N) is 2. The zero-order chi connectivity index (χ0) is 15.7. The maximum absolute atomic E-state index is 14.0. The van der Waals surface area contributed by atoms with Crippen LogP contribution in [0.3, 0.4) is 0 Å². The Labute approximate surface area is 116 Å². The Morgan fingerprint density at radius 2 is 2.14 bits per heavy atom. The Bertz CT molecular complexity index is 741. The topological polar surface area (TPSA) is 106 Å². The quantitative estimate of drug-likeness (QED) is 0.687. The van der Waals surface area contributed by atoms with Crippen LogP contribution in [0.5, 0.6) is 0 Å². The van der Waals surface area contributed by atoms with Gasteiger partial charge in [-0.2, -0.15) is 4.39 Å². The second kappa shape index (κ2) is 5.27. The number of benzene rings is 1. The highest BCUT2D eigenvalue weighted by atomic mass is 19.1. The second-order valence-corrected chi connectivity index (χ2v) is 3.97. The van der Waals surface area contributed by atoms with Crippen LogP contribution >= 0.6 is 0 Å². The number of carbonyl (C=O) groups is 1. The lowest BCUT2D eigenvalue weighted by atomic mass is 10.1. The maximum Gasteiger partial charge on any atom is 0.373 e. The summed E-state index contributed by atoms with van der Waals surface area (Å²) in [5.41, 5.74) is -1.84. The lowest BCUT2D eigenvalue weighted by Crippen LogP contribution is -1.98. The van der Waals surface area contributed by atoms with Gasteiger partial charge in [0.2, 0.25) is 17.5 Å². The molecule has 7 nitrogen and oxygen atoms in total. The second-order valence-electron chi connectivity index (χ2n) is 3.97. The summed E-state index contributed by atoms with van der Waals surface area (Å²) in [6.07, 6.45) is 0.156. The lowest BCUT2D eigenvalue weighted by molar-refractivity contribution is -0.387. The van der Waals surface area contributed by atoms with Crippen molar-refractivity contribution in [2.75, 3.05) is 0 Å². The molecule has 1 aromatic carbocycles. The fourth-order valence-electron chi connectivity index (χ4n) is 1.74. The third-order valence-electron chi connectivity index (χ3n) is 2.71. The van der Waals surface area contributed by atoms with Crippen molar-refractivity contribution in [3.05, 3.63) is 45.3 Å². The van der Waals surface area contributed by atoms with Crippen molar-refractivity contribution in [2.45, 2.75) is 13.3 Å². The fraction of sp³-hybridized carbons (Fsp3) is 0.167. The summed E-state index contributed by atoms with van der Waals surface area (Å²) in [7, 11) is 0. The number of hydrogen-bond donors (Lipinski definition) is 1. The number of halogens is 2. The van der Waals surface area contributed by atoms with Gasteiger partial charge in [-0.05, 0) is 12.5 Å². The zero-order valence-corrected chi connectivity index (χ0v) is 10.6. The van der Waals surface area contributed by atoms with Crippen LogP contribution in [0.2, 0.25) is 0 Å². The molecule has 0 bridgehead atoms. The van der Waals surface area contributed by atoms with Crippen LogP contribution in [0, 0.1) is 21.7 Å². The van der Waals surface area contributed by atoms with Crippen molar-refractivity contribution < 1.29 is 28.0 Å². The first-order chi connectivity index (χ1) is 9.86. The maximum atomic E-state index is 14.0. The van der Waals surface area contributed by atoms with Crippen molar-refractivity contribution in [1.29, 1.82) is 0 Å². The zero-order valence-electron chi connectivity index (χ0n) is 10.6. The predicted molar refractivity (Wildman–Crippen MR) is 64.8 cm³/mol. The number of rotatable bonds is 4. The van der Waals surface area contributed by atoms with E-state index in [1.165, 1.54) is 0 Å². The number of nitro benzene ring substituents is 1. The molecule has 0 radical (unpaired) electrons. The largest absolute Gasteiger partial charge is 0.475 e. The van der Waals surface area contributed by atoms with Gasteiger partial charge in [-0.25, -0.2) is 14.2 Å². The predicted octanol–water partition coefficient (Wildman–Crippen LogP) is 2.79. The molecule has 9 heteroatoms. The van der Waals surface area contributed by atoms with Crippen molar-refractivity contribution in [1.82, 2.24) is 4.98 Å². The molecule has 2 aromatic rings. The molecule has 21 heavy (non-hydrogen) atoms. The SMILES string of the molecule is CCc1nc(-c2c(F)ccc([N+](=O)[O-])c2F)oc1C(=O)O. The molecule has 0 atom stereocenters. The molecule has 2 rings (SSSR count). The van der Waals surface area contributed by atoms with Crippen molar-refractivity contribution in [3.63, 3.8) is 0 Å². The molecule has 110 valence electrons. The van der Waals surface area contributed by atoms with E-state index in [0.29, 0.717) is 12.1 Å². The van der Waals surface area contributed by atoms with Gasteiger partial charge in [0.1, 0.15) is 11.4 Å². The molecule has 0 saturated carbocycles. The van der Waals surface area contributed by atoms with Gasteiger partial charge in [0, 0.05) is 6.07 Å². The molecular formula is C12H8F2N2O5. The molecule has 0 aliphatic heterocycles. The minimum atomic E-state index is -1.47. The number of carboxylic acids is 1. The number of oxazole rings is 1. The molecule has 0 saturated heterocycles. The normalized spacial score (nSPS) is 10.6. The highest BCUT2D eigenvalue weighted by molar-refractivity contribution is 5.86. The summed E-state index contributed by atoms with van der Waals surface area (Å²) in [5.74, 6) is -5.27. The van der Waals surface area contributed by atoms with Crippen LogP contribution in [0.15, 0.2) is 16.5 Å². The molecule has 0 amide bonds. The van der Waals surface area contributed by atoms with E-state index >= 15 is 0 Å². The minimum Gasteiger partial charge on any atom is -0.475 e. The van der Waals surface area contributed by atoms with E-state index in [1.54, 1.807) is 6.92 Å². The van der Waals surface area contributed by atoms with E-state index < -0.39 is 45.4 Å². The number of carboxylic acid groups (broad SMARTS) is 1. The Balaban J connectivity index is 2.70. The summed E-state index contributed by atoms with van der Waals surface area (Å²) < 4.78 is 32.5. The van der Waals surface area contributed by atoms with Crippen LogP contribution in [0.25, 0.3) is 11.5 Å². The summed E-state index contributed by atoms with van der Waals surface area (Å²) in [5, 5.41) is 19.6. The van der Waals surface area contributed by atoms with E-state index in [0.717, 1.165) is 0 Å². The summed E-state index contributed by atoms with van der Waals surface area (Å²) in [4.78, 5) is 24.3. The average Bonchev–Trinajstić information content (AvgIpc) is 2.82. The van der Waals surface area contributed by atoms with Gasteiger partial charge in [-0.3, -0.25) is 10.1 Å². The van der Waals surface area contributed by atoms with Crippen LogP contribution in [0.1, 0.15) is 23.2 Å². The Morgan fingerprint density at radius 3 is 2.62 bits per heavy atom. The van der Waals surface area contributed by atoms with E-state index in [1.807, 2.05) is 0 Å². The number of nitro groups is 1. The molecule has 0 spiro atoms. The molecule has 1 aromatic heterocycles. The summed E-state index contributed by atoms with van der Waals surface area (Å²) in [6, 6.07) is 1.35. The van der Waals surface area contributed by atoms with Gasteiger partial charge < -0.3 is 9.52 Å². The molecule has 0 fully saturated rings. The first-order valence-corrected chi connectivity index (χ1v) is 5.72. The third kappa shape index (κ3) is 2.45. The van der Waals surface area contributed by atoms with Gasteiger partial charge in [0.05, 0.1) is 10.6 Å². The molecule has 1 N–H and O–H groups in total. The van der Waals surface area contributed by atoms with Crippen molar-refractivity contribution in [2.24, 2.45) is 0 Å². The number of aryl methyl sites for hydroxylation is 1. The van der Waals surface area contributed by atoms with Crippen LogP contribution in [0.4, 0.5) is 14.5 Å². The van der Waals surface area contributed by atoms with E-state index in [9.17, 15) is 23.7 Å². The van der Waals surface area contributed by atoms with Crippen LogP contribution in [-0.2, 0) is 6.42 Å². The Kier molecular flexibility index (Phi) is 3.66. The van der Waals surface area contributed by atoms with Crippen molar-refractivity contribution in [3.8, 4) is 11.5 Å². The lowest BCUT2D eigenvalue weighted by Gasteiger charge is -2.01. The van der Waals surface area contributed by atoms with Gasteiger partial charge in [0.15, 0.2) is 0 Å². The highest BCUT2D eigenvalue weighted by Crippen LogP contribution is 2.32. The highest BCUT2D eigenvalue weighted by Gasteiger charge is 2.28. The molecule has 0 unspecified atom stereocenters. The first-order valence-electron chi connectivity index (χ1n) is 5.72. The smallest absolute Gasteiger partial charge is 0.373 e. The Morgan fingerprint density at radius 1 is 1.48 bits per heavy atom. The standard InChI is InChI=1S/C12H8F2N2O5/c1-2-6-10(12(17)18)21-11(15-6)8-5(13)3-4-7(9(8)14)16(19)20/h3-4H,2H2,1H3,(H,17,18). The third-order valence-corrected chi connectivity index (χ3v) is 2.71. The van der Waals surface area contributed by atoms with Crippen LogP contribution < -0.4 is 0 Å². The molecule has 1 heterocycles. The fourth-order valence-corrected chi connectivity index (χ4v) is 1.74. The number of hydrogen-bond acceptors (Lipinski definition) is 5. The minimum absolute atomic E-state index is 0.0113. The Hall–Kier alpha value is -2.84. The van der Waals surface area contributed by atoms with E-state index in [2.05, 4.69) is 4.98 Å². The van der Waals surface area contributed by atoms with Gasteiger partial charge in [0.25, 0.3) is 0 Å². The average molecular weight is 298 g/mol. The molecule has 0 aliphatic rings. The number of aromatic carboxylic acids is 1. The molecule has 0 aliphatic carbocycles. The van der Waals surface area contributed by atoms with Gasteiger partial charge in [-0.15, -0.1) is 0 Å². The van der Waals surface area contributed by atoms with E-state index in [4.69, 9.17) is 9.52 Å². The van der Waals surface area contributed by atoms with Crippen LogP contribution in [-0.4, -0.2) is 21.0 Å². The van der Waals surface area contributed by atoms with E-state index in [-0.39, 0.29) is 12.1 Å². The molecular weight excluding hydrogens is 290 g/mol. The number of aromatic nitrogens is 1.